The predicted octanol–water partition coefficient (Wildman–Crippen LogP) is 1.76. The van der Waals surface area contributed by atoms with Gasteiger partial charge in [0.1, 0.15) is 18.8 Å². The molecule has 2 aromatic carbocycles. The van der Waals surface area contributed by atoms with Gasteiger partial charge in [-0.2, -0.15) is 0 Å². The number of likely N-dealkylation sites (N-methyl/N-ethyl adjacent to an activating group) is 1. The van der Waals surface area contributed by atoms with Crippen LogP contribution in [0.2, 0.25) is 0 Å². The van der Waals surface area contributed by atoms with E-state index in [0.29, 0.717) is 6.54 Å². The van der Waals surface area contributed by atoms with Gasteiger partial charge in [-0.25, -0.2) is 0 Å². The summed E-state index contributed by atoms with van der Waals surface area (Å²) < 4.78 is 6.24. The van der Waals surface area contributed by atoms with E-state index in [0.717, 1.165) is 37.3 Å². The molecule has 0 radical (unpaired) electrons. The van der Waals surface area contributed by atoms with Gasteiger partial charge in [0.15, 0.2) is 17.3 Å². The number of benzene rings is 2. The summed E-state index contributed by atoms with van der Waals surface area (Å²) in [6.45, 7) is 4.60. The lowest BCUT2D eigenvalue weighted by molar-refractivity contribution is -0.915. The number of nitrogens with one attached hydrogen (secondary N) is 1. The molecule has 0 amide bonds. The molecule has 2 aromatic rings. The van der Waals surface area contributed by atoms with Crippen molar-refractivity contribution in [3.8, 4) is 11.5 Å². The van der Waals surface area contributed by atoms with E-state index in [9.17, 15) is 19.8 Å². The zero-order chi connectivity index (χ0) is 19.9. The van der Waals surface area contributed by atoms with Gasteiger partial charge in [0, 0.05) is 17.2 Å². The number of carbonyl (C=O) groups is 2. The van der Waals surface area contributed by atoms with Crippen molar-refractivity contribution in [2.24, 2.45) is 0 Å². The van der Waals surface area contributed by atoms with Crippen LogP contribution in [0.15, 0.2) is 30.3 Å². The summed E-state index contributed by atoms with van der Waals surface area (Å²) in [6, 6.07) is 7.75. The Hall–Kier alpha value is -2.90. The van der Waals surface area contributed by atoms with Gasteiger partial charge in [0.2, 0.25) is 0 Å². The molecule has 146 valence electrons. The summed E-state index contributed by atoms with van der Waals surface area (Å²) in [5.41, 5.74) is 0.437. The van der Waals surface area contributed by atoms with E-state index in [1.54, 1.807) is 24.3 Å². The van der Waals surface area contributed by atoms with Gasteiger partial charge >= 0.3 is 0 Å². The van der Waals surface area contributed by atoms with Gasteiger partial charge < -0.3 is 24.7 Å². The molecule has 3 N–H and O–H groups in total. The Morgan fingerprint density at radius 3 is 2.29 bits per heavy atom. The maximum absolute atomic E-state index is 12.9. The standard InChI is InChI=1S/C21H22N2O5/c1-23(8-10-28-11-9-23)7-6-22-15-12-16(24)17-18(21(15)27)20(26)14-5-3-2-4-13(14)19(17)25/h2-5,12H,6-11H2,1H3,(H2-,22,24,25,26,27)/p+1. The van der Waals surface area contributed by atoms with Crippen LogP contribution in [0.25, 0.3) is 0 Å². The lowest BCUT2D eigenvalue weighted by atomic mass is 9.82. The molecule has 1 fully saturated rings. The summed E-state index contributed by atoms with van der Waals surface area (Å²) in [5.74, 6) is -1.54. The summed E-state index contributed by atoms with van der Waals surface area (Å²) >= 11 is 0. The van der Waals surface area contributed by atoms with E-state index in [1.165, 1.54) is 6.07 Å². The van der Waals surface area contributed by atoms with Crippen LogP contribution >= 0.6 is 0 Å². The molecular weight excluding hydrogens is 360 g/mol. The predicted molar refractivity (Wildman–Crippen MR) is 103 cm³/mol. The zero-order valence-electron chi connectivity index (χ0n) is 15.7. The van der Waals surface area contributed by atoms with E-state index in [4.69, 9.17) is 4.74 Å². The molecule has 0 atom stereocenters. The highest BCUT2D eigenvalue weighted by atomic mass is 16.5. The number of hydrogen-bond acceptors (Lipinski definition) is 6. The monoisotopic (exact) mass is 383 g/mol. The fraction of sp³-hybridized carbons (Fsp3) is 0.333. The molecule has 0 unspecified atom stereocenters. The summed E-state index contributed by atoms with van der Waals surface area (Å²) in [5, 5.41) is 24.2. The normalized spacial score (nSPS) is 17.8. The Morgan fingerprint density at radius 2 is 1.64 bits per heavy atom. The van der Waals surface area contributed by atoms with Crippen LogP contribution < -0.4 is 5.32 Å². The number of anilines is 1. The maximum Gasteiger partial charge on any atom is 0.198 e. The van der Waals surface area contributed by atoms with Gasteiger partial charge in [-0.3, -0.25) is 9.59 Å². The second-order valence-corrected chi connectivity index (χ2v) is 7.58. The molecular formula is C21H23N2O5+. The van der Waals surface area contributed by atoms with Crippen LogP contribution in [0.1, 0.15) is 31.8 Å². The number of fused-ring (bicyclic) bond motifs is 2. The fourth-order valence-electron chi connectivity index (χ4n) is 3.86. The number of quaternary nitrogens is 1. The third-order valence-electron chi connectivity index (χ3n) is 5.67. The van der Waals surface area contributed by atoms with Crippen LogP contribution in [0.4, 0.5) is 5.69 Å². The van der Waals surface area contributed by atoms with Gasteiger partial charge in [0.25, 0.3) is 0 Å². The highest BCUT2D eigenvalue weighted by Gasteiger charge is 2.35. The molecule has 1 aliphatic carbocycles. The van der Waals surface area contributed by atoms with Crippen LogP contribution in [0, 0.1) is 0 Å². The average Bonchev–Trinajstić information content (AvgIpc) is 2.69. The third kappa shape index (κ3) is 3.02. The zero-order valence-corrected chi connectivity index (χ0v) is 15.7. The van der Waals surface area contributed by atoms with Crippen molar-refractivity contribution in [3.63, 3.8) is 0 Å². The minimum absolute atomic E-state index is 0.140. The van der Waals surface area contributed by atoms with Crippen molar-refractivity contribution in [1.82, 2.24) is 0 Å². The van der Waals surface area contributed by atoms with E-state index >= 15 is 0 Å². The number of carbonyl (C=O) groups excluding carboxylic acids is 2. The largest absolute Gasteiger partial charge is 0.507 e. The molecule has 0 bridgehead atoms. The van der Waals surface area contributed by atoms with Gasteiger partial charge in [-0.15, -0.1) is 0 Å². The molecule has 1 aliphatic heterocycles. The number of ketones is 2. The highest BCUT2D eigenvalue weighted by Crippen LogP contribution is 2.42. The number of ether oxygens (including phenoxy) is 1. The second kappa shape index (κ2) is 6.92. The van der Waals surface area contributed by atoms with Crippen molar-refractivity contribution < 1.29 is 29.0 Å². The summed E-state index contributed by atoms with van der Waals surface area (Å²) in [6.07, 6.45) is 0. The minimum Gasteiger partial charge on any atom is -0.507 e. The quantitative estimate of drug-likeness (QED) is 0.361. The van der Waals surface area contributed by atoms with E-state index < -0.39 is 11.6 Å². The van der Waals surface area contributed by atoms with Gasteiger partial charge in [0.05, 0.1) is 50.2 Å². The van der Waals surface area contributed by atoms with Crippen molar-refractivity contribution in [2.45, 2.75) is 0 Å². The van der Waals surface area contributed by atoms with Crippen molar-refractivity contribution in [2.75, 3.05) is 51.8 Å². The first-order chi connectivity index (χ1) is 13.4. The molecule has 4 rings (SSSR count). The summed E-state index contributed by atoms with van der Waals surface area (Å²) in [7, 11) is 2.15. The lowest BCUT2D eigenvalue weighted by Crippen LogP contribution is -2.53. The molecule has 28 heavy (non-hydrogen) atoms. The number of phenols is 2. The topological polar surface area (TPSA) is 95.9 Å². The number of aromatic hydroxyl groups is 2. The van der Waals surface area contributed by atoms with Crippen molar-refractivity contribution >= 4 is 17.3 Å². The second-order valence-electron chi connectivity index (χ2n) is 7.58. The summed E-state index contributed by atoms with van der Waals surface area (Å²) in [4.78, 5) is 25.6. The molecule has 2 aliphatic rings. The molecule has 0 saturated carbocycles. The Kier molecular flexibility index (Phi) is 4.56. The Balaban J connectivity index is 1.62. The molecule has 1 saturated heterocycles. The number of nitrogens with zero attached hydrogens (tertiary/aromatic N) is 1. The molecule has 7 heteroatoms. The SMILES string of the molecule is C[N+]1(CCNc2cc(O)c3c(c2O)C(=O)c2ccccc2C3=O)CCOCC1. The maximum atomic E-state index is 12.9. The number of hydrogen-bond donors (Lipinski definition) is 3. The molecule has 7 nitrogen and oxygen atoms in total. The number of morpholine rings is 1. The van der Waals surface area contributed by atoms with Crippen molar-refractivity contribution in [1.29, 1.82) is 0 Å². The van der Waals surface area contributed by atoms with Crippen LogP contribution in [0.5, 0.6) is 11.5 Å². The number of phenolic OH excluding ortho intramolecular Hbond substituents is 2. The molecule has 0 aromatic heterocycles. The Labute approximate surface area is 162 Å². The highest BCUT2D eigenvalue weighted by molar-refractivity contribution is 6.30. The smallest absolute Gasteiger partial charge is 0.198 e. The van der Waals surface area contributed by atoms with Gasteiger partial charge in [-0.1, -0.05) is 24.3 Å². The lowest BCUT2D eigenvalue weighted by Gasteiger charge is -2.37. The third-order valence-corrected chi connectivity index (χ3v) is 5.67. The molecule has 0 spiro atoms. The minimum atomic E-state index is -0.464. The van der Waals surface area contributed by atoms with E-state index in [1.807, 2.05) is 0 Å². The van der Waals surface area contributed by atoms with E-state index in [2.05, 4.69) is 12.4 Å². The van der Waals surface area contributed by atoms with Crippen LogP contribution in [-0.4, -0.2) is 72.7 Å². The first kappa shape index (κ1) is 18.5. The molecule has 1 heterocycles. The first-order valence-corrected chi connectivity index (χ1v) is 9.34. The van der Waals surface area contributed by atoms with E-state index in [-0.39, 0.29) is 39.4 Å². The van der Waals surface area contributed by atoms with Gasteiger partial charge in [-0.05, 0) is 0 Å². The van der Waals surface area contributed by atoms with Crippen LogP contribution in [-0.2, 0) is 4.74 Å². The average molecular weight is 383 g/mol. The van der Waals surface area contributed by atoms with Crippen LogP contribution in [0.3, 0.4) is 0 Å². The Bertz CT molecular complexity index is 964. The fourth-order valence-corrected chi connectivity index (χ4v) is 3.86. The Morgan fingerprint density at radius 1 is 1.04 bits per heavy atom. The van der Waals surface area contributed by atoms with Crippen molar-refractivity contribution in [3.05, 3.63) is 52.6 Å². The number of rotatable bonds is 4. The first-order valence-electron chi connectivity index (χ1n) is 9.34.